The molecule has 0 bridgehead atoms. The maximum absolute atomic E-state index is 12.9. The van der Waals surface area contributed by atoms with Gasteiger partial charge in [0.05, 0.1) is 12.3 Å². The van der Waals surface area contributed by atoms with Crippen molar-refractivity contribution in [2.45, 2.75) is 18.2 Å². The summed E-state index contributed by atoms with van der Waals surface area (Å²) in [6.45, 7) is 3.79. The summed E-state index contributed by atoms with van der Waals surface area (Å²) < 4.78 is 13.5. The Morgan fingerprint density at radius 1 is 1.07 bits per heavy atom. The third kappa shape index (κ3) is 6.26. The molecule has 0 aliphatic carbocycles. The van der Waals surface area contributed by atoms with Gasteiger partial charge >= 0.3 is 0 Å². The Kier molecular flexibility index (Phi) is 7.36. The lowest BCUT2D eigenvalue weighted by atomic mass is 10.1. The minimum atomic E-state index is -0.317. The maximum atomic E-state index is 12.9. The number of aromatic nitrogens is 2. The zero-order valence-electron chi connectivity index (χ0n) is 16.4. The third-order valence-electron chi connectivity index (χ3n) is 4.15. The Morgan fingerprint density at radius 2 is 1.83 bits per heavy atom. The van der Waals surface area contributed by atoms with Crippen LogP contribution >= 0.6 is 23.1 Å². The van der Waals surface area contributed by atoms with Gasteiger partial charge in [-0.3, -0.25) is 9.59 Å². The molecule has 2 aromatic carbocycles. The van der Waals surface area contributed by atoms with Gasteiger partial charge in [-0.25, -0.2) is 4.39 Å². The summed E-state index contributed by atoms with van der Waals surface area (Å²) >= 11 is 2.50. The molecule has 30 heavy (non-hydrogen) atoms. The molecular formula is C20H20FN5O2S2. The van der Waals surface area contributed by atoms with Crippen LogP contribution in [0.2, 0.25) is 0 Å². The summed E-state index contributed by atoms with van der Waals surface area (Å²) in [6.07, 6.45) is 0. The topological polar surface area (TPSA) is 96.0 Å². The van der Waals surface area contributed by atoms with E-state index in [4.69, 9.17) is 0 Å². The van der Waals surface area contributed by atoms with Gasteiger partial charge in [-0.05, 0) is 55.3 Å². The van der Waals surface area contributed by atoms with E-state index in [1.54, 1.807) is 12.1 Å². The van der Waals surface area contributed by atoms with Crippen molar-refractivity contribution in [1.82, 2.24) is 15.5 Å². The molecule has 3 N–H and O–H groups in total. The summed E-state index contributed by atoms with van der Waals surface area (Å²) in [5, 5.41) is 17.0. The minimum Gasteiger partial charge on any atom is -0.346 e. The van der Waals surface area contributed by atoms with Crippen molar-refractivity contribution in [3.05, 3.63) is 59.4 Å². The number of aryl methyl sites for hydroxylation is 1. The van der Waals surface area contributed by atoms with Crippen LogP contribution in [-0.4, -0.2) is 34.3 Å². The number of anilines is 3. The second-order valence-corrected chi connectivity index (χ2v) is 8.57. The van der Waals surface area contributed by atoms with E-state index in [-0.39, 0.29) is 29.9 Å². The third-order valence-corrected chi connectivity index (χ3v) is 6.13. The summed E-state index contributed by atoms with van der Waals surface area (Å²) in [7, 11) is 0. The smallest absolute Gasteiger partial charge is 0.243 e. The monoisotopic (exact) mass is 445 g/mol. The molecule has 156 valence electrons. The summed E-state index contributed by atoms with van der Waals surface area (Å²) in [5.74, 6) is -0.770. The summed E-state index contributed by atoms with van der Waals surface area (Å²) in [6, 6.07) is 11.6. The predicted octanol–water partition coefficient (Wildman–Crippen LogP) is 3.88. The molecule has 0 aliphatic rings. The van der Waals surface area contributed by atoms with Crippen LogP contribution in [0.25, 0.3) is 0 Å². The lowest BCUT2D eigenvalue weighted by Crippen LogP contribution is -2.34. The molecule has 3 aromatic rings. The van der Waals surface area contributed by atoms with E-state index >= 15 is 0 Å². The molecular weight excluding hydrogens is 425 g/mol. The van der Waals surface area contributed by atoms with Crippen LogP contribution < -0.4 is 16.0 Å². The van der Waals surface area contributed by atoms with Crippen molar-refractivity contribution >= 4 is 51.4 Å². The Labute approximate surface area is 181 Å². The largest absolute Gasteiger partial charge is 0.346 e. The molecule has 0 fully saturated rings. The van der Waals surface area contributed by atoms with E-state index in [9.17, 15) is 14.0 Å². The van der Waals surface area contributed by atoms with Crippen LogP contribution in [0, 0.1) is 19.7 Å². The van der Waals surface area contributed by atoms with E-state index < -0.39 is 0 Å². The SMILES string of the molecule is Cc1cccc(NC(=O)CNC(=O)CSc2nnc(Nc3ccc(F)cc3)s2)c1C. The van der Waals surface area contributed by atoms with Gasteiger partial charge in [0.25, 0.3) is 0 Å². The van der Waals surface area contributed by atoms with E-state index in [0.717, 1.165) is 16.8 Å². The number of thioether (sulfide) groups is 1. The van der Waals surface area contributed by atoms with Crippen LogP contribution in [0.5, 0.6) is 0 Å². The first-order valence-corrected chi connectivity index (χ1v) is 10.8. The fraction of sp³-hybridized carbons (Fsp3) is 0.200. The number of carbonyl (C=O) groups excluding carboxylic acids is 2. The molecule has 0 saturated heterocycles. The molecule has 0 atom stereocenters. The normalized spacial score (nSPS) is 10.5. The number of benzene rings is 2. The van der Waals surface area contributed by atoms with Crippen LogP contribution in [0.4, 0.5) is 20.9 Å². The number of amides is 2. The molecule has 0 aliphatic heterocycles. The number of nitrogens with one attached hydrogen (secondary N) is 3. The molecule has 1 heterocycles. The number of rotatable bonds is 8. The highest BCUT2D eigenvalue weighted by molar-refractivity contribution is 8.01. The molecule has 7 nitrogen and oxygen atoms in total. The standard InChI is InChI=1S/C20H20FN5O2S2/c1-12-4-3-5-16(13(12)2)24-17(27)10-22-18(28)11-29-20-26-25-19(30-20)23-15-8-6-14(21)7-9-15/h3-9H,10-11H2,1-2H3,(H,22,28)(H,23,25)(H,24,27). The van der Waals surface area contributed by atoms with Crippen molar-refractivity contribution in [3.63, 3.8) is 0 Å². The van der Waals surface area contributed by atoms with Crippen molar-refractivity contribution in [3.8, 4) is 0 Å². The zero-order chi connectivity index (χ0) is 21.5. The fourth-order valence-electron chi connectivity index (χ4n) is 2.41. The Morgan fingerprint density at radius 3 is 2.60 bits per heavy atom. The van der Waals surface area contributed by atoms with E-state index in [2.05, 4.69) is 26.1 Å². The highest BCUT2D eigenvalue weighted by Crippen LogP contribution is 2.27. The average Bonchev–Trinajstić information content (AvgIpc) is 3.17. The lowest BCUT2D eigenvalue weighted by Gasteiger charge is -2.10. The molecule has 0 saturated carbocycles. The van der Waals surface area contributed by atoms with E-state index in [1.165, 1.54) is 35.2 Å². The predicted molar refractivity (Wildman–Crippen MR) is 118 cm³/mol. The first-order chi connectivity index (χ1) is 14.4. The zero-order valence-corrected chi connectivity index (χ0v) is 18.0. The molecule has 2 amide bonds. The molecule has 0 radical (unpaired) electrons. The van der Waals surface area contributed by atoms with Gasteiger partial charge in [0.1, 0.15) is 5.82 Å². The number of carbonyl (C=O) groups is 2. The van der Waals surface area contributed by atoms with Gasteiger partial charge in [-0.15, -0.1) is 10.2 Å². The van der Waals surface area contributed by atoms with E-state index in [1.807, 2.05) is 32.0 Å². The second-order valence-electron chi connectivity index (χ2n) is 6.37. The minimum absolute atomic E-state index is 0.111. The number of nitrogens with zero attached hydrogens (tertiary/aromatic N) is 2. The highest BCUT2D eigenvalue weighted by atomic mass is 32.2. The Bertz CT molecular complexity index is 1040. The second kappa shape index (κ2) is 10.2. The lowest BCUT2D eigenvalue weighted by molar-refractivity contribution is -0.122. The Hall–Kier alpha value is -2.98. The number of hydrogen-bond donors (Lipinski definition) is 3. The molecule has 1 aromatic heterocycles. The van der Waals surface area contributed by atoms with Gasteiger partial charge in [0.2, 0.25) is 16.9 Å². The van der Waals surface area contributed by atoms with Crippen LogP contribution in [0.15, 0.2) is 46.8 Å². The Balaban J connectivity index is 1.41. The highest BCUT2D eigenvalue weighted by Gasteiger charge is 2.11. The maximum Gasteiger partial charge on any atom is 0.243 e. The van der Waals surface area contributed by atoms with Gasteiger partial charge in [0, 0.05) is 11.4 Å². The number of halogens is 1. The van der Waals surface area contributed by atoms with Gasteiger partial charge < -0.3 is 16.0 Å². The first kappa shape index (κ1) is 21.7. The van der Waals surface area contributed by atoms with Crippen LogP contribution in [0.1, 0.15) is 11.1 Å². The fourth-order valence-corrected chi connectivity index (χ4v) is 4.02. The van der Waals surface area contributed by atoms with Gasteiger partial charge in [-0.2, -0.15) is 0 Å². The van der Waals surface area contributed by atoms with Crippen molar-refractivity contribution in [2.24, 2.45) is 0 Å². The number of hydrogen-bond acceptors (Lipinski definition) is 7. The van der Waals surface area contributed by atoms with Crippen molar-refractivity contribution < 1.29 is 14.0 Å². The molecule has 3 rings (SSSR count). The van der Waals surface area contributed by atoms with E-state index in [0.29, 0.717) is 15.2 Å². The van der Waals surface area contributed by atoms with Gasteiger partial charge in [-0.1, -0.05) is 35.2 Å². The van der Waals surface area contributed by atoms with Crippen LogP contribution in [0.3, 0.4) is 0 Å². The molecule has 10 heteroatoms. The molecule has 0 unspecified atom stereocenters. The van der Waals surface area contributed by atoms with Crippen molar-refractivity contribution in [1.29, 1.82) is 0 Å². The quantitative estimate of drug-likeness (QED) is 0.456. The molecule has 0 spiro atoms. The summed E-state index contributed by atoms with van der Waals surface area (Å²) in [4.78, 5) is 24.1. The summed E-state index contributed by atoms with van der Waals surface area (Å²) in [5.41, 5.74) is 3.50. The first-order valence-electron chi connectivity index (χ1n) is 9.02. The average molecular weight is 446 g/mol. The van der Waals surface area contributed by atoms with Crippen molar-refractivity contribution in [2.75, 3.05) is 22.9 Å². The van der Waals surface area contributed by atoms with Crippen LogP contribution in [-0.2, 0) is 9.59 Å². The van der Waals surface area contributed by atoms with Gasteiger partial charge in [0.15, 0.2) is 4.34 Å².